The van der Waals surface area contributed by atoms with Gasteiger partial charge in [0.25, 0.3) is 0 Å². The molecule has 102 valence electrons. The van der Waals surface area contributed by atoms with E-state index in [-0.39, 0.29) is 0 Å². The molecule has 2 rings (SSSR count). The fraction of sp³-hybridized carbons (Fsp3) is 0.533. The zero-order valence-corrected chi connectivity index (χ0v) is 11.6. The third-order valence-electron chi connectivity index (χ3n) is 3.57. The van der Waals surface area contributed by atoms with Gasteiger partial charge in [-0.1, -0.05) is 6.92 Å². The molecule has 1 aromatic carbocycles. The number of methoxy groups -OCH3 is 1. The topological polar surface area (TPSA) is 48.3 Å². The highest BCUT2D eigenvalue weighted by Gasteiger charge is 2.24. The molecular weight excluding hydrogens is 238 g/mol. The summed E-state index contributed by atoms with van der Waals surface area (Å²) >= 11 is 0. The first-order valence-electron chi connectivity index (χ1n) is 6.85. The molecule has 1 aromatic rings. The van der Waals surface area contributed by atoms with Crippen molar-refractivity contribution in [3.05, 3.63) is 23.8 Å². The van der Waals surface area contributed by atoms with Crippen molar-refractivity contribution in [1.82, 2.24) is 5.32 Å². The first kappa shape index (κ1) is 13.7. The summed E-state index contributed by atoms with van der Waals surface area (Å²) in [6.07, 6.45) is 2.20. The Morgan fingerprint density at radius 3 is 2.95 bits per heavy atom. The Morgan fingerprint density at radius 1 is 1.53 bits per heavy atom. The average Bonchev–Trinajstić information content (AvgIpc) is 2.98. The van der Waals surface area contributed by atoms with Crippen molar-refractivity contribution in [3.8, 4) is 11.8 Å². The molecule has 1 aliphatic rings. The molecule has 0 spiro atoms. The van der Waals surface area contributed by atoms with Crippen LogP contribution in [-0.2, 0) is 0 Å². The van der Waals surface area contributed by atoms with Crippen LogP contribution in [0.1, 0.15) is 25.3 Å². The third-order valence-corrected chi connectivity index (χ3v) is 3.57. The quantitative estimate of drug-likeness (QED) is 0.880. The molecule has 1 N–H and O–H groups in total. The van der Waals surface area contributed by atoms with E-state index in [4.69, 9.17) is 4.74 Å². The minimum atomic E-state index is 0.471. The summed E-state index contributed by atoms with van der Waals surface area (Å²) in [5, 5.41) is 12.7. The van der Waals surface area contributed by atoms with Crippen molar-refractivity contribution in [1.29, 1.82) is 5.26 Å². The van der Waals surface area contributed by atoms with E-state index in [0.717, 1.165) is 49.5 Å². The van der Waals surface area contributed by atoms with Crippen molar-refractivity contribution < 1.29 is 4.74 Å². The van der Waals surface area contributed by atoms with Crippen LogP contribution in [0, 0.1) is 11.3 Å². The number of nitriles is 1. The Labute approximate surface area is 115 Å². The average molecular weight is 259 g/mol. The summed E-state index contributed by atoms with van der Waals surface area (Å²) in [5.41, 5.74) is 1.72. The number of ether oxygens (including phenoxy) is 1. The molecule has 0 saturated carbocycles. The molecule has 0 aromatic heterocycles. The summed E-state index contributed by atoms with van der Waals surface area (Å²) in [7, 11) is 1.66. The summed E-state index contributed by atoms with van der Waals surface area (Å²) in [5.74, 6) is 0.807. The number of benzene rings is 1. The van der Waals surface area contributed by atoms with Crippen LogP contribution in [0.4, 0.5) is 5.69 Å². The molecule has 0 amide bonds. The Balaban J connectivity index is 2.36. The van der Waals surface area contributed by atoms with Crippen molar-refractivity contribution in [2.75, 3.05) is 31.6 Å². The Kier molecular flexibility index (Phi) is 4.64. The molecule has 1 unspecified atom stereocenters. The lowest BCUT2D eigenvalue weighted by atomic mass is 10.1. The molecule has 0 radical (unpaired) electrons. The second kappa shape index (κ2) is 6.44. The summed E-state index contributed by atoms with van der Waals surface area (Å²) < 4.78 is 5.29. The van der Waals surface area contributed by atoms with Gasteiger partial charge in [0.15, 0.2) is 0 Å². The fourth-order valence-electron chi connectivity index (χ4n) is 2.62. The molecule has 0 aliphatic carbocycles. The highest BCUT2D eigenvalue weighted by atomic mass is 16.5. The van der Waals surface area contributed by atoms with Crippen LogP contribution in [0.2, 0.25) is 0 Å². The molecule has 4 heteroatoms. The van der Waals surface area contributed by atoms with Gasteiger partial charge in [-0.2, -0.15) is 5.26 Å². The lowest BCUT2D eigenvalue weighted by Gasteiger charge is -2.31. The number of hydrogen-bond donors (Lipinski definition) is 1. The number of nitrogens with zero attached hydrogens (tertiary/aromatic N) is 2. The molecule has 1 aliphatic heterocycles. The van der Waals surface area contributed by atoms with Crippen LogP contribution < -0.4 is 15.0 Å². The standard InChI is InChI=1S/C15H21N3O/c1-3-8-18(13-6-7-17-11-13)15-9-14(19-2)5-4-12(15)10-16/h4-5,9,13,17H,3,6-8,11H2,1-2H3. The van der Waals surface area contributed by atoms with E-state index in [9.17, 15) is 5.26 Å². The molecule has 4 nitrogen and oxygen atoms in total. The lowest BCUT2D eigenvalue weighted by molar-refractivity contribution is 0.414. The van der Waals surface area contributed by atoms with E-state index in [0.29, 0.717) is 6.04 Å². The maximum atomic E-state index is 9.31. The largest absolute Gasteiger partial charge is 0.497 e. The van der Waals surface area contributed by atoms with Gasteiger partial charge in [-0.05, 0) is 31.5 Å². The minimum Gasteiger partial charge on any atom is -0.497 e. The number of nitrogens with one attached hydrogen (secondary N) is 1. The number of anilines is 1. The maximum absolute atomic E-state index is 9.31. The van der Waals surface area contributed by atoms with Gasteiger partial charge in [-0.15, -0.1) is 0 Å². The highest BCUT2D eigenvalue weighted by Crippen LogP contribution is 2.28. The van der Waals surface area contributed by atoms with Crippen molar-refractivity contribution in [2.45, 2.75) is 25.8 Å². The second-order valence-electron chi connectivity index (χ2n) is 4.83. The monoisotopic (exact) mass is 259 g/mol. The molecule has 1 heterocycles. The van der Waals surface area contributed by atoms with Gasteiger partial charge in [0.1, 0.15) is 11.8 Å². The first-order valence-corrected chi connectivity index (χ1v) is 6.85. The SMILES string of the molecule is CCCN(c1cc(OC)ccc1C#N)C1CCNC1. The van der Waals surface area contributed by atoms with Crippen LogP contribution >= 0.6 is 0 Å². The third kappa shape index (κ3) is 2.99. The molecule has 19 heavy (non-hydrogen) atoms. The van der Waals surface area contributed by atoms with Crippen LogP contribution in [0.15, 0.2) is 18.2 Å². The van der Waals surface area contributed by atoms with E-state index in [1.165, 1.54) is 0 Å². The van der Waals surface area contributed by atoms with Gasteiger partial charge < -0.3 is 15.0 Å². The number of hydrogen-bond acceptors (Lipinski definition) is 4. The van der Waals surface area contributed by atoms with Crippen LogP contribution in [0.5, 0.6) is 5.75 Å². The van der Waals surface area contributed by atoms with Crippen molar-refractivity contribution in [2.24, 2.45) is 0 Å². The zero-order chi connectivity index (χ0) is 13.7. The lowest BCUT2D eigenvalue weighted by Crippen LogP contribution is -2.38. The Hall–Kier alpha value is -1.73. The van der Waals surface area contributed by atoms with E-state index >= 15 is 0 Å². The predicted molar refractivity (Wildman–Crippen MR) is 76.6 cm³/mol. The zero-order valence-electron chi connectivity index (χ0n) is 11.6. The van der Waals surface area contributed by atoms with Gasteiger partial charge in [-0.3, -0.25) is 0 Å². The van der Waals surface area contributed by atoms with E-state index in [1.807, 2.05) is 18.2 Å². The summed E-state index contributed by atoms with van der Waals surface area (Å²) in [4.78, 5) is 2.35. The minimum absolute atomic E-state index is 0.471. The van der Waals surface area contributed by atoms with Gasteiger partial charge in [0.2, 0.25) is 0 Å². The van der Waals surface area contributed by atoms with Gasteiger partial charge in [0, 0.05) is 25.2 Å². The molecule has 1 saturated heterocycles. The van der Waals surface area contributed by atoms with Gasteiger partial charge >= 0.3 is 0 Å². The molecule has 1 atom stereocenters. The van der Waals surface area contributed by atoms with E-state index in [2.05, 4.69) is 23.2 Å². The van der Waals surface area contributed by atoms with Gasteiger partial charge in [0.05, 0.1) is 18.4 Å². The summed E-state index contributed by atoms with van der Waals surface area (Å²) in [6, 6.07) is 8.43. The van der Waals surface area contributed by atoms with Crippen molar-refractivity contribution in [3.63, 3.8) is 0 Å². The van der Waals surface area contributed by atoms with E-state index in [1.54, 1.807) is 7.11 Å². The smallest absolute Gasteiger partial charge is 0.121 e. The Bertz CT molecular complexity index is 461. The van der Waals surface area contributed by atoms with Crippen molar-refractivity contribution >= 4 is 5.69 Å². The fourth-order valence-corrected chi connectivity index (χ4v) is 2.62. The predicted octanol–water partition coefficient (Wildman–Crippen LogP) is 2.15. The van der Waals surface area contributed by atoms with Crippen LogP contribution in [0.25, 0.3) is 0 Å². The number of rotatable bonds is 5. The second-order valence-corrected chi connectivity index (χ2v) is 4.83. The van der Waals surface area contributed by atoms with Crippen LogP contribution in [-0.4, -0.2) is 32.8 Å². The molecule has 1 fully saturated rings. The highest BCUT2D eigenvalue weighted by molar-refractivity contribution is 5.63. The normalized spacial score (nSPS) is 18.1. The maximum Gasteiger partial charge on any atom is 0.121 e. The van der Waals surface area contributed by atoms with Gasteiger partial charge in [-0.25, -0.2) is 0 Å². The Morgan fingerprint density at radius 2 is 2.37 bits per heavy atom. The molecular formula is C15H21N3O. The molecule has 0 bridgehead atoms. The summed E-state index contributed by atoms with van der Waals surface area (Å²) in [6.45, 7) is 5.18. The van der Waals surface area contributed by atoms with Crippen LogP contribution in [0.3, 0.4) is 0 Å². The van der Waals surface area contributed by atoms with E-state index < -0.39 is 0 Å². The first-order chi connectivity index (χ1) is 9.30.